The van der Waals surface area contributed by atoms with Crippen molar-refractivity contribution >= 4 is 33.7 Å². The van der Waals surface area contributed by atoms with Crippen molar-refractivity contribution in [3.8, 4) is 11.5 Å². The number of hydrazone groups is 1. The van der Waals surface area contributed by atoms with Gasteiger partial charge >= 0.3 is 0 Å². The van der Waals surface area contributed by atoms with Crippen LogP contribution in [0.1, 0.15) is 21.7 Å². The minimum Gasteiger partial charge on any atom is -0.454 e. The molecule has 1 aliphatic rings. The minimum atomic E-state index is -0.333. The number of carbonyl (C=O) groups is 1. The summed E-state index contributed by atoms with van der Waals surface area (Å²) in [6.07, 6.45) is 3.35. The summed E-state index contributed by atoms with van der Waals surface area (Å²) in [5.74, 6) is 1.03. The third kappa shape index (κ3) is 2.96. The van der Waals surface area contributed by atoms with E-state index in [-0.39, 0.29) is 12.7 Å². The van der Waals surface area contributed by atoms with Gasteiger partial charge in [-0.25, -0.2) is 10.4 Å². The third-order valence-corrected chi connectivity index (χ3v) is 4.22. The van der Waals surface area contributed by atoms with Gasteiger partial charge in [0.05, 0.1) is 11.9 Å². The SMILES string of the molecule is Cc1nc2ccc(Br)cn2c1C(=O)N/N=C\c1ccc2c(c1)OCO2. The Morgan fingerprint density at radius 3 is 3.04 bits per heavy atom. The van der Waals surface area contributed by atoms with Crippen molar-refractivity contribution in [1.82, 2.24) is 14.8 Å². The molecule has 3 aromatic rings. The molecule has 8 heteroatoms. The molecule has 1 aliphatic heterocycles. The van der Waals surface area contributed by atoms with Crippen molar-refractivity contribution < 1.29 is 14.3 Å². The van der Waals surface area contributed by atoms with Crippen LogP contribution in [-0.4, -0.2) is 28.3 Å². The van der Waals surface area contributed by atoms with E-state index in [4.69, 9.17) is 9.47 Å². The molecule has 1 amide bonds. The molecule has 3 heterocycles. The summed E-state index contributed by atoms with van der Waals surface area (Å²) in [4.78, 5) is 16.9. The van der Waals surface area contributed by atoms with Gasteiger partial charge < -0.3 is 9.47 Å². The van der Waals surface area contributed by atoms with E-state index in [0.29, 0.717) is 28.5 Å². The molecule has 0 unspecified atom stereocenters. The molecule has 126 valence electrons. The highest BCUT2D eigenvalue weighted by Gasteiger charge is 2.16. The lowest BCUT2D eigenvalue weighted by molar-refractivity contribution is 0.0948. The van der Waals surface area contributed by atoms with Crippen LogP contribution < -0.4 is 14.9 Å². The number of ether oxygens (including phenoxy) is 2. The van der Waals surface area contributed by atoms with Gasteiger partial charge in [-0.1, -0.05) is 0 Å². The molecule has 25 heavy (non-hydrogen) atoms. The summed E-state index contributed by atoms with van der Waals surface area (Å²) < 4.78 is 13.2. The molecule has 0 aliphatic carbocycles. The first-order valence-electron chi connectivity index (χ1n) is 7.49. The Morgan fingerprint density at radius 2 is 2.16 bits per heavy atom. The van der Waals surface area contributed by atoms with Crippen LogP contribution in [0, 0.1) is 6.92 Å². The first-order chi connectivity index (χ1) is 12.1. The number of nitrogens with one attached hydrogen (secondary N) is 1. The summed E-state index contributed by atoms with van der Waals surface area (Å²) in [5, 5.41) is 4.02. The molecule has 0 bridgehead atoms. The van der Waals surface area contributed by atoms with Crippen molar-refractivity contribution in [2.45, 2.75) is 6.92 Å². The molecule has 0 fully saturated rings. The zero-order valence-electron chi connectivity index (χ0n) is 13.2. The van der Waals surface area contributed by atoms with Gasteiger partial charge in [-0.3, -0.25) is 9.20 Å². The van der Waals surface area contributed by atoms with Crippen molar-refractivity contribution in [2.24, 2.45) is 5.10 Å². The van der Waals surface area contributed by atoms with Gasteiger partial charge in [-0.2, -0.15) is 5.10 Å². The summed E-state index contributed by atoms with van der Waals surface area (Å²) in [7, 11) is 0. The molecule has 1 N–H and O–H groups in total. The molecule has 0 radical (unpaired) electrons. The fourth-order valence-corrected chi connectivity index (χ4v) is 2.96. The lowest BCUT2D eigenvalue weighted by Crippen LogP contribution is -2.20. The first-order valence-corrected chi connectivity index (χ1v) is 8.28. The van der Waals surface area contributed by atoms with Crippen LogP contribution in [0.5, 0.6) is 11.5 Å². The Morgan fingerprint density at radius 1 is 1.32 bits per heavy atom. The largest absolute Gasteiger partial charge is 0.454 e. The van der Waals surface area contributed by atoms with Crippen LogP contribution >= 0.6 is 15.9 Å². The van der Waals surface area contributed by atoms with Gasteiger partial charge in [0.15, 0.2) is 11.5 Å². The molecule has 7 nitrogen and oxygen atoms in total. The maximum atomic E-state index is 12.5. The maximum absolute atomic E-state index is 12.5. The quantitative estimate of drug-likeness (QED) is 0.541. The Bertz CT molecular complexity index is 1010. The number of imidazole rings is 1. The van der Waals surface area contributed by atoms with Gasteiger partial charge in [0.2, 0.25) is 6.79 Å². The Labute approximate surface area is 151 Å². The van der Waals surface area contributed by atoms with E-state index in [2.05, 4.69) is 31.4 Å². The smallest absolute Gasteiger partial charge is 0.290 e. The third-order valence-electron chi connectivity index (χ3n) is 3.75. The van der Waals surface area contributed by atoms with Crippen molar-refractivity contribution in [2.75, 3.05) is 6.79 Å². The Balaban J connectivity index is 1.54. The highest BCUT2D eigenvalue weighted by molar-refractivity contribution is 9.10. The number of hydrogen-bond acceptors (Lipinski definition) is 5. The number of amides is 1. The second-order valence-electron chi connectivity index (χ2n) is 5.43. The van der Waals surface area contributed by atoms with Crippen LogP contribution in [-0.2, 0) is 0 Å². The molecule has 2 aromatic heterocycles. The number of benzene rings is 1. The number of nitrogens with zero attached hydrogens (tertiary/aromatic N) is 3. The lowest BCUT2D eigenvalue weighted by Gasteiger charge is -2.02. The van der Waals surface area contributed by atoms with E-state index in [1.807, 2.05) is 18.2 Å². The molecular formula is C17H13BrN4O3. The number of fused-ring (bicyclic) bond motifs is 2. The molecule has 4 rings (SSSR count). The van der Waals surface area contributed by atoms with E-state index in [0.717, 1.165) is 10.0 Å². The summed E-state index contributed by atoms with van der Waals surface area (Å²) in [5.41, 5.74) is 5.11. The Hall–Kier alpha value is -2.87. The fourth-order valence-electron chi connectivity index (χ4n) is 2.62. The number of aryl methyl sites for hydroxylation is 1. The zero-order chi connectivity index (χ0) is 17.4. The molecule has 0 saturated carbocycles. The van der Waals surface area contributed by atoms with Gasteiger partial charge in [0.1, 0.15) is 11.3 Å². The predicted octanol–water partition coefficient (Wildman–Crippen LogP) is 2.90. The highest BCUT2D eigenvalue weighted by atomic mass is 79.9. The fraction of sp³-hybridized carbons (Fsp3) is 0.118. The van der Waals surface area contributed by atoms with Crippen molar-refractivity contribution in [3.05, 3.63) is 58.0 Å². The van der Waals surface area contributed by atoms with E-state index >= 15 is 0 Å². The predicted molar refractivity (Wildman–Crippen MR) is 95.3 cm³/mol. The summed E-state index contributed by atoms with van der Waals surface area (Å²) in [6.45, 7) is 2.01. The van der Waals surface area contributed by atoms with E-state index in [9.17, 15) is 4.79 Å². The lowest BCUT2D eigenvalue weighted by atomic mass is 10.2. The standard InChI is InChI=1S/C17H13BrN4O3/c1-10-16(22-8-12(18)3-5-15(22)20-10)17(23)21-19-7-11-2-4-13-14(6-11)25-9-24-13/h2-8H,9H2,1H3,(H,21,23)/b19-7-. The van der Waals surface area contributed by atoms with Crippen molar-refractivity contribution in [3.63, 3.8) is 0 Å². The van der Waals surface area contributed by atoms with E-state index in [1.165, 1.54) is 0 Å². The summed E-state index contributed by atoms with van der Waals surface area (Å²) in [6, 6.07) is 9.15. The second kappa shape index (κ2) is 6.21. The topological polar surface area (TPSA) is 77.2 Å². The van der Waals surface area contributed by atoms with Crippen LogP contribution in [0.3, 0.4) is 0 Å². The van der Waals surface area contributed by atoms with Gasteiger partial charge in [-0.05, 0) is 58.7 Å². The molecule has 0 spiro atoms. The summed E-state index contributed by atoms with van der Waals surface area (Å²) >= 11 is 3.40. The second-order valence-corrected chi connectivity index (χ2v) is 6.35. The van der Waals surface area contributed by atoms with E-state index in [1.54, 1.807) is 35.9 Å². The van der Waals surface area contributed by atoms with Crippen LogP contribution in [0.15, 0.2) is 46.1 Å². The van der Waals surface area contributed by atoms with Gasteiger partial charge in [-0.15, -0.1) is 0 Å². The molecule has 0 saturated heterocycles. The number of hydrogen-bond donors (Lipinski definition) is 1. The van der Waals surface area contributed by atoms with Crippen LogP contribution in [0.4, 0.5) is 0 Å². The normalized spacial score (nSPS) is 12.9. The number of rotatable bonds is 3. The number of aromatic nitrogens is 2. The van der Waals surface area contributed by atoms with Crippen LogP contribution in [0.25, 0.3) is 5.65 Å². The first kappa shape index (κ1) is 15.6. The minimum absolute atomic E-state index is 0.218. The Kier molecular flexibility index (Phi) is 3.89. The van der Waals surface area contributed by atoms with Crippen LogP contribution in [0.2, 0.25) is 0 Å². The molecule has 1 aromatic carbocycles. The number of pyridine rings is 1. The molecular weight excluding hydrogens is 388 g/mol. The molecule has 0 atom stereocenters. The zero-order valence-corrected chi connectivity index (χ0v) is 14.8. The average Bonchev–Trinajstić information content (AvgIpc) is 3.17. The maximum Gasteiger partial charge on any atom is 0.290 e. The van der Waals surface area contributed by atoms with Gasteiger partial charge in [0.25, 0.3) is 5.91 Å². The number of carbonyl (C=O) groups excluding carboxylic acids is 1. The monoisotopic (exact) mass is 400 g/mol. The average molecular weight is 401 g/mol. The van der Waals surface area contributed by atoms with Gasteiger partial charge in [0, 0.05) is 10.7 Å². The highest BCUT2D eigenvalue weighted by Crippen LogP contribution is 2.31. The van der Waals surface area contributed by atoms with Crippen molar-refractivity contribution in [1.29, 1.82) is 0 Å². The van der Waals surface area contributed by atoms with E-state index < -0.39 is 0 Å². The number of halogens is 1.